The van der Waals surface area contributed by atoms with Crippen molar-refractivity contribution < 1.29 is 9.72 Å². The Hall–Kier alpha value is -2.50. The summed E-state index contributed by atoms with van der Waals surface area (Å²) in [5.41, 5.74) is 3.01. The van der Waals surface area contributed by atoms with E-state index >= 15 is 0 Å². The molecule has 26 heavy (non-hydrogen) atoms. The average molecular weight is 371 g/mol. The molecule has 6 heteroatoms. The van der Waals surface area contributed by atoms with Gasteiger partial charge in [0.15, 0.2) is 5.78 Å². The summed E-state index contributed by atoms with van der Waals surface area (Å²) in [7, 11) is 0. The van der Waals surface area contributed by atoms with Gasteiger partial charge in [-0.2, -0.15) is 0 Å². The van der Waals surface area contributed by atoms with E-state index in [1.165, 1.54) is 35.4 Å². The van der Waals surface area contributed by atoms with E-state index in [9.17, 15) is 14.9 Å². The number of nitrogens with zero attached hydrogens (tertiary/aromatic N) is 2. The second-order valence-corrected chi connectivity index (χ2v) is 6.70. The molecule has 2 aromatic carbocycles. The molecular weight excluding hydrogens is 352 g/mol. The van der Waals surface area contributed by atoms with Gasteiger partial charge in [-0.3, -0.25) is 19.8 Å². The average Bonchev–Trinajstić information content (AvgIpc) is 2.67. The SMILES string of the molecule is O=C(CCN1CC=C(c2ccc(Cl)cc2)CC1)c1ccc([N+](=O)[O-])cc1. The molecule has 0 saturated heterocycles. The van der Waals surface area contributed by atoms with Crippen LogP contribution in [0.25, 0.3) is 5.57 Å². The number of ketones is 1. The van der Waals surface area contributed by atoms with Gasteiger partial charge in [-0.05, 0) is 41.8 Å². The van der Waals surface area contributed by atoms with Crippen LogP contribution in [0.5, 0.6) is 0 Å². The minimum Gasteiger partial charge on any atom is -0.299 e. The van der Waals surface area contributed by atoms with Gasteiger partial charge in [0.2, 0.25) is 0 Å². The molecule has 0 aliphatic carbocycles. The van der Waals surface area contributed by atoms with E-state index in [0.29, 0.717) is 18.5 Å². The quantitative estimate of drug-likeness (QED) is 0.423. The van der Waals surface area contributed by atoms with Crippen LogP contribution in [-0.4, -0.2) is 35.2 Å². The van der Waals surface area contributed by atoms with Crippen LogP contribution in [-0.2, 0) is 0 Å². The number of hydrogen-bond donors (Lipinski definition) is 0. The Morgan fingerprint density at radius 2 is 1.81 bits per heavy atom. The zero-order chi connectivity index (χ0) is 18.5. The number of halogens is 1. The molecule has 0 aromatic heterocycles. The maximum atomic E-state index is 12.3. The third-order valence-electron chi connectivity index (χ3n) is 4.56. The van der Waals surface area contributed by atoms with E-state index < -0.39 is 4.92 Å². The Morgan fingerprint density at radius 1 is 1.12 bits per heavy atom. The zero-order valence-corrected chi connectivity index (χ0v) is 15.0. The summed E-state index contributed by atoms with van der Waals surface area (Å²) in [6.45, 7) is 2.40. The van der Waals surface area contributed by atoms with E-state index in [2.05, 4.69) is 11.0 Å². The summed E-state index contributed by atoms with van der Waals surface area (Å²) in [5.74, 6) is 0.00683. The summed E-state index contributed by atoms with van der Waals surface area (Å²) >= 11 is 5.93. The van der Waals surface area contributed by atoms with Gasteiger partial charge >= 0.3 is 0 Å². The molecule has 0 atom stereocenters. The van der Waals surface area contributed by atoms with Crippen LogP contribution in [0.1, 0.15) is 28.8 Å². The third kappa shape index (κ3) is 4.56. The number of nitro groups is 1. The van der Waals surface area contributed by atoms with Gasteiger partial charge in [-0.25, -0.2) is 0 Å². The molecule has 0 spiro atoms. The van der Waals surface area contributed by atoms with Crippen molar-refractivity contribution in [2.45, 2.75) is 12.8 Å². The fourth-order valence-corrected chi connectivity index (χ4v) is 3.14. The van der Waals surface area contributed by atoms with Crippen molar-refractivity contribution in [2.24, 2.45) is 0 Å². The number of carbonyl (C=O) groups is 1. The summed E-state index contributed by atoms with van der Waals surface area (Å²) < 4.78 is 0. The van der Waals surface area contributed by atoms with Gasteiger partial charge in [0, 0.05) is 48.8 Å². The van der Waals surface area contributed by atoms with Crippen LogP contribution in [0.15, 0.2) is 54.6 Å². The van der Waals surface area contributed by atoms with Crippen LogP contribution in [0, 0.1) is 10.1 Å². The number of non-ortho nitro benzene ring substituents is 1. The Labute approximate surface area is 157 Å². The second kappa shape index (κ2) is 8.25. The number of nitro benzene ring substituents is 1. The van der Waals surface area contributed by atoms with E-state index in [4.69, 9.17) is 11.6 Å². The van der Waals surface area contributed by atoms with Crippen molar-refractivity contribution >= 4 is 28.6 Å². The lowest BCUT2D eigenvalue weighted by molar-refractivity contribution is -0.384. The summed E-state index contributed by atoms with van der Waals surface area (Å²) in [5, 5.41) is 11.4. The van der Waals surface area contributed by atoms with Crippen LogP contribution in [0.2, 0.25) is 5.02 Å². The molecule has 134 valence electrons. The molecule has 5 nitrogen and oxygen atoms in total. The molecule has 2 aromatic rings. The smallest absolute Gasteiger partial charge is 0.269 e. The van der Waals surface area contributed by atoms with Gasteiger partial charge in [-0.15, -0.1) is 0 Å². The van der Waals surface area contributed by atoms with Crippen LogP contribution in [0.3, 0.4) is 0 Å². The molecule has 1 heterocycles. The predicted molar refractivity (Wildman–Crippen MR) is 103 cm³/mol. The molecule has 3 rings (SSSR count). The molecule has 1 aliphatic heterocycles. The lowest BCUT2D eigenvalue weighted by Gasteiger charge is -2.26. The molecule has 0 fully saturated rings. The van der Waals surface area contributed by atoms with Crippen molar-refractivity contribution in [1.82, 2.24) is 4.90 Å². The van der Waals surface area contributed by atoms with Crippen LogP contribution < -0.4 is 0 Å². The van der Waals surface area contributed by atoms with Crippen molar-refractivity contribution in [3.8, 4) is 0 Å². The number of Topliss-reactive ketones (excluding diaryl/α,β-unsaturated/α-hetero) is 1. The monoisotopic (exact) mass is 370 g/mol. The lowest BCUT2D eigenvalue weighted by atomic mass is 9.99. The van der Waals surface area contributed by atoms with Gasteiger partial charge in [-0.1, -0.05) is 29.8 Å². The third-order valence-corrected chi connectivity index (χ3v) is 4.82. The van der Waals surface area contributed by atoms with Crippen LogP contribution >= 0.6 is 11.6 Å². The topological polar surface area (TPSA) is 63.5 Å². The van der Waals surface area contributed by atoms with Crippen molar-refractivity contribution in [3.05, 3.63) is 80.9 Å². The number of rotatable bonds is 6. The highest BCUT2D eigenvalue weighted by Crippen LogP contribution is 2.24. The standard InChI is InChI=1S/C20H19ClN2O3/c21-18-5-1-15(2-6-18)16-9-12-22(13-10-16)14-11-20(24)17-3-7-19(8-4-17)23(25)26/h1-9H,10-14H2. The first-order chi connectivity index (χ1) is 12.5. The molecule has 0 radical (unpaired) electrons. The summed E-state index contributed by atoms with van der Waals surface area (Å²) in [6, 6.07) is 13.6. The zero-order valence-electron chi connectivity index (χ0n) is 14.2. The minimum atomic E-state index is -0.466. The Morgan fingerprint density at radius 3 is 2.38 bits per heavy atom. The highest BCUT2D eigenvalue weighted by atomic mass is 35.5. The van der Waals surface area contributed by atoms with Crippen molar-refractivity contribution in [3.63, 3.8) is 0 Å². The van der Waals surface area contributed by atoms with Crippen molar-refractivity contribution in [2.75, 3.05) is 19.6 Å². The summed E-state index contributed by atoms with van der Waals surface area (Å²) in [6.07, 6.45) is 3.54. The van der Waals surface area contributed by atoms with Crippen LogP contribution in [0.4, 0.5) is 5.69 Å². The molecule has 0 unspecified atom stereocenters. The van der Waals surface area contributed by atoms with E-state index in [1.807, 2.05) is 24.3 Å². The normalized spacial score (nSPS) is 14.7. The Balaban J connectivity index is 1.52. The first kappa shape index (κ1) is 18.3. The first-order valence-electron chi connectivity index (χ1n) is 8.48. The van der Waals surface area contributed by atoms with E-state index in [0.717, 1.165) is 24.5 Å². The molecule has 0 bridgehead atoms. The molecule has 0 amide bonds. The highest BCUT2D eigenvalue weighted by Gasteiger charge is 2.15. The molecule has 0 N–H and O–H groups in total. The lowest BCUT2D eigenvalue weighted by Crippen LogP contribution is -2.30. The first-order valence-corrected chi connectivity index (χ1v) is 8.86. The maximum absolute atomic E-state index is 12.3. The van der Waals surface area contributed by atoms with E-state index in [-0.39, 0.29) is 11.5 Å². The maximum Gasteiger partial charge on any atom is 0.269 e. The van der Waals surface area contributed by atoms with E-state index in [1.54, 1.807) is 0 Å². The molecular formula is C20H19ClN2O3. The molecule has 0 saturated carbocycles. The van der Waals surface area contributed by atoms with Gasteiger partial charge in [0.05, 0.1) is 4.92 Å². The Kier molecular flexibility index (Phi) is 5.81. The number of benzene rings is 2. The number of hydrogen-bond acceptors (Lipinski definition) is 4. The second-order valence-electron chi connectivity index (χ2n) is 6.26. The van der Waals surface area contributed by atoms with Gasteiger partial charge < -0.3 is 0 Å². The fourth-order valence-electron chi connectivity index (χ4n) is 3.01. The predicted octanol–water partition coefficient (Wildman–Crippen LogP) is 4.61. The number of carbonyl (C=O) groups excluding carboxylic acids is 1. The largest absolute Gasteiger partial charge is 0.299 e. The van der Waals surface area contributed by atoms with Gasteiger partial charge in [0.1, 0.15) is 0 Å². The highest BCUT2D eigenvalue weighted by molar-refractivity contribution is 6.30. The Bertz CT molecular complexity index is 829. The van der Waals surface area contributed by atoms with Gasteiger partial charge in [0.25, 0.3) is 5.69 Å². The summed E-state index contributed by atoms with van der Waals surface area (Å²) in [4.78, 5) is 24.7. The molecule has 1 aliphatic rings. The van der Waals surface area contributed by atoms with Crippen molar-refractivity contribution in [1.29, 1.82) is 0 Å². The fraction of sp³-hybridized carbons (Fsp3) is 0.250. The minimum absolute atomic E-state index is 0.00236.